The Kier molecular flexibility index (Phi) is 8.13. The number of hydrogen-bond acceptors (Lipinski definition) is 8. The van der Waals surface area contributed by atoms with Crippen LogP contribution in [-0.4, -0.2) is 72.3 Å². The van der Waals surface area contributed by atoms with Gasteiger partial charge in [-0.25, -0.2) is 0 Å². The van der Waals surface area contributed by atoms with Crippen LogP contribution in [0.2, 0.25) is 5.02 Å². The van der Waals surface area contributed by atoms with Crippen molar-refractivity contribution in [3.63, 3.8) is 0 Å². The van der Waals surface area contributed by atoms with Crippen molar-refractivity contribution in [3.05, 3.63) is 64.2 Å². The molecule has 3 rings (SSSR count). The molecule has 0 radical (unpaired) electrons. The van der Waals surface area contributed by atoms with E-state index >= 15 is 0 Å². The number of methoxy groups -OCH3 is 2. The average molecular weight is 469 g/mol. The van der Waals surface area contributed by atoms with E-state index in [0.717, 1.165) is 11.3 Å². The van der Waals surface area contributed by atoms with Crippen molar-refractivity contribution in [3.8, 4) is 5.75 Å². The Morgan fingerprint density at radius 2 is 1.75 bits per heavy atom. The van der Waals surface area contributed by atoms with Gasteiger partial charge in [-0.15, -0.1) is 0 Å². The molecule has 0 spiro atoms. The normalized spacial score (nSPS) is 29.0. The fourth-order valence-corrected chi connectivity index (χ4v) is 4.19. The van der Waals surface area contributed by atoms with Crippen molar-refractivity contribution in [1.29, 1.82) is 0 Å². The van der Waals surface area contributed by atoms with Crippen LogP contribution in [0.3, 0.4) is 0 Å². The quantitative estimate of drug-likeness (QED) is 0.463. The first-order chi connectivity index (χ1) is 15.3. The second kappa shape index (κ2) is 10.5. The molecule has 0 aromatic heterocycles. The van der Waals surface area contributed by atoms with E-state index in [9.17, 15) is 20.4 Å². The summed E-state index contributed by atoms with van der Waals surface area (Å²) >= 11 is 6.49. The summed E-state index contributed by atoms with van der Waals surface area (Å²) in [7, 11) is 2.85. The van der Waals surface area contributed by atoms with E-state index in [1.807, 2.05) is 31.2 Å². The topological polar surface area (TPSA) is 118 Å². The second-order valence-electron chi connectivity index (χ2n) is 7.49. The molecule has 0 bridgehead atoms. The van der Waals surface area contributed by atoms with Crippen molar-refractivity contribution in [1.82, 2.24) is 0 Å². The number of aliphatic hydroxyl groups is 4. The largest absolute Gasteiger partial charge is 0.494 e. The zero-order valence-corrected chi connectivity index (χ0v) is 18.9. The monoisotopic (exact) mass is 468 g/mol. The highest BCUT2D eigenvalue weighted by atomic mass is 35.5. The van der Waals surface area contributed by atoms with Gasteiger partial charge in [0.25, 0.3) is 0 Å². The van der Waals surface area contributed by atoms with E-state index in [0.29, 0.717) is 22.8 Å². The third kappa shape index (κ3) is 4.50. The predicted molar refractivity (Wildman–Crippen MR) is 117 cm³/mol. The van der Waals surface area contributed by atoms with E-state index in [-0.39, 0.29) is 0 Å². The minimum Gasteiger partial charge on any atom is -0.494 e. The summed E-state index contributed by atoms with van der Waals surface area (Å²) in [6, 6.07) is 12.2. The molecule has 2 aromatic rings. The number of aliphatic hydroxyl groups excluding tert-OH is 4. The first-order valence-corrected chi connectivity index (χ1v) is 10.6. The molecule has 6 atom stereocenters. The molecule has 2 aromatic carbocycles. The lowest BCUT2D eigenvalue weighted by Gasteiger charge is -2.47. The van der Waals surface area contributed by atoms with Gasteiger partial charge in [-0.2, -0.15) is 0 Å². The lowest BCUT2D eigenvalue weighted by molar-refractivity contribution is -0.366. The van der Waals surface area contributed by atoms with Gasteiger partial charge >= 0.3 is 0 Å². The summed E-state index contributed by atoms with van der Waals surface area (Å²) in [5, 5.41) is 41.2. The molecular weight excluding hydrogens is 440 g/mol. The van der Waals surface area contributed by atoms with Crippen LogP contribution < -0.4 is 4.74 Å². The molecule has 8 nitrogen and oxygen atoms in total. The van der Waals surface area contributed by atoms with Crippen LogP contribution in [0.4, 0.5) is 0 Å². The summed E-state index contributed by atoms with van der Waals surface area (Å²) in [5.74, 6) is -1.12. The van der Waals surface area contributed by atoms with Crippen LogP contribution in [0.5, 0.6) is 5.75 Å². The van der Waals surface area contributed by atoms with E-state index < -0.39 is 42.9 Å². The molecule has 2 unspecified atom stereocenters. The Balaban J connectivity index is 2.04. The summed E-state index contributed by atoms with van der Waals surface area (Å²) in [5.41, 5.74) is 1.73. The molecule has 1 fully saturated rings. The average Bonchev–Trinajstić information content (AvgIpc) is 2.81. The van der Waals surface area contributed by atoms with Crippen molar-refractivity contribution in [2.45, 2.75) is 43.2 Å². The third-order valence-electron chi connectivity index (χ3n) is 5.66. The molecule has 4 N–H and O–H groups in total. The zero-order valence-electron chi connectivity index (χ0n) is 18.1. The molecular formula is C23H29ClO8. The second-order valence-corrected chi connectivity index (χ2v) is 7.90. The molecule has 9 heteroatoms. The smallest absolute Gasteiger partial charge is 0.224 e. The molecule has 0 aliphatic carbocycles. The number of ether oxygens (including phenoxy) is 4. The first kappa shape index (κ1) is 24.9. The van der Waals surface area contributed by atoms with Crippen LogP contribution in [0, 0.1) is 0 Å². The zero-order chi connectivity index (χ0) is 23.5. The highest BCUT2D eigenvalue weighted by molar-refractivity contribution is 6.31. The van der Waals surface area contributed by atoms with Gasteiger partial charge in [0, 0.05) is 30.4 Å². The van der Waals surface area contributed by atoms with E-state index in [2.05, 4.69) is 0 Å². The van der Waals surface area contributed by atoms with Crippen molar-refractivity contribution < 1.29 is 39.4 Å². The third-order valence-corrected chi connectivity index (χ3v) is 6.01. The number of benzene rings is 2. The van der Waals surface area contributed by atoms with Crippen LogP contribution in [-0.2, 0) is 20.0 Å². The molecule has 0 amide bonds. The lowest BCUT2D eigenvalue weighted by Crippen LogP contribution is -2.64. The van der Waals surface area contributed by atoms with E-state index in [1.165, 1.54) is 7.11 Å². The van der Waals surface area contributed by atoms with Gasteiger partial charge < -0.3 is 39.4 Å². The fraction of sp³-hybridized carbons (Fsp3) is 0.478. The van der Waals surface area contributed by atoms with Gasteiger partial charge in [-0.05, 0) is 36.8 Å². The molecule has 32 heavy (non-hydrogen) atoms. The Morgan fingerprint density at radius 3 is 2.31 bits per heavy atom. The van der Waals surface area contributed by atoms with Crippen LogP contribution in [0.25, 0.3) is 0 Å². The van der Waals surface area contributed by atoms with Crippen LogP contribution >= 0.6 is 11.6 Å². The number of hydrogen-bond donors (Lipinski definition) is 4. The maximum Gasteiger partial charge on any atom is 0.224 e. The molecule has 1 aliphatic heterocycles. The maximum atomic E-state index is 10.8. The van der Waals surface area contributed by atoms with E-state index in [4.69, 9.17) is 30.5 Å². The van der Waals surface area contributed by atoms with Gasteiger partial charge in [0.15, 0.2) is 0 Å². The molecule has 1 heterocycles. The van der Waals surface area contributed by atoms with Crippen molar-refractivity contribution >= 4 is 11.6 Å². The Hall–Kier alpha value is -1.75. The Morgan fingerprint density at radius 1 is 1.06 bits per heavy atom. The minimum atomic E-state index is -1.84. The summed E-state index contributed by atoms with van der Waals surface area (Å²) < 4.78 is 22.5. The van der Waals surface area contributed by atoms with Crippen LogP contribution in [0.15, 0.2) is 42.5 Å². The Labute approximate surface area is 191 Å². The summed E-state index contributed by atoms with van der Waals surface area (Å²) in [6.45, 7) is 1.88. The molecule has 0 saturated carbocycles. The lowest BCUT2D eigenvalue weighted by atomic mass is 9.86. The molecule has 1 saturated heterocycles. The highest BCUT2D eigenvalue weighted by Gasteiger charge is 2.55. The number of halogens is 1. The standard InChI is InChI=1S/C23H29ClO8/c1-4-31-15-8-5-13(6-9-15)21(29-2)16-11-14(7-10-17(16)24)23(30-3)22(28)20(27)19(26)18(12-25)32-23/h5-11,18-22,25-28H,4,12H2,1-3H3/t18?,19-,20+,21?,22-,23+/m1/s1. The highest BCUT2D eigenvalue weighted by Crippen LogP contribution is 2.42. The molecule has 1 aliphatic rings. The van der Waals surface area contributed by atoms with Gasteiger partial charge in [-0.1, -0.05) is 29.8 Å². The first-order valence-electron chi connectivity index (χ1n) is 10.3. The maximum absolute atomic E-state index is 10.8. The van der Waals surface area contributed by atoms with Gasteiger partial charge in [0.05, 0.1) is 13.2 Å². The van der Waals surface area contributed by atoms with Crippen molar-refractivity contribution in [2.24, 2.45) is 0 Å². The van der Waals surface area contributed by atoms with Gasteiger partial charge in [0.1, 0.15) is 36.3 Å². The minimum absolute atomic E-state index is 0.337. The fourth-order valence-electron chi connectivity index (χ4n) is 3.98. The predicted octanol–water partition coefficient (Wildman–Crippen LogP) is 1.75. The van der Waals surface area contributed by atoms with Crippen molar-refractivity contribution in [2.75, 3.05) is 27.4 Å². The number of rotatable bonds is 8. The SMILES string of the molecule is CCOc1ccc(C(OC)c2cc([C@]3(OC)OC(CO)[C@@H](O)[C@H](O)[C@H]3O)ccc2Cl)cc1. The Bertz CT molecular complexity index is 890. The summed E-state index contributed by atoms with van der Waals surface area (Å²) in [6.07, 6.45) is -6.45. The summed E-state index contributed by atoms with van der Waals surface area (Å²) in [4.78, 5) is 0. The van der Waals surface area contributed by atoms with Crippen LogP contribution in [0.1, 0.15) is 29.7 Å². The van der Waals surface area contributed by atoms with Gasteiger partial charge in [-0.3, -0.25) is 0 Å². The van der Waals surface area contributed by atoms with E-state index in [1.54, 1.807) is 25.3 Å². The molecule has 176 valence electrons. The van der Waals surface area contributed by atoms with Gasteiger partial charge in [0.2, 0.25) is 5.79 Å².